The van der Waals surface area contributed by atoms with Crippen LogP contribution in [0.4, 0.5) is 19.4 Å². The predicted molar refractivity (Wildman–Crippen MR) is 79.0 cm³/mol. The van der Waals surface area contributed by atoms with Crippen LogP contribution in [0.2, 0.25) is 0 Å². The molecule has 1 amide bonds. The quantitative estimate of drug-likeness (QED) is 0.647. The lowest BCUT2D eigenvalue weighted by atomic mass is 10.1. The first-order valence-electron chi connectivity index (χ1n) is 6.98. The van der Waals surface area contributed by atoms with Crippen molar-refractivity contribution >= 4 is 29.2 Å². The zero-order valence-electron chi connectivity index (χ0n) is 12.8. The summed E-state index contributed by atoms with van der Waals surface area (Å²) in [7, 11) is 1.83. The molecule has 0 bridgehead atoms. The van der Waals surface area contributed by atoms with Gasteiger partial charge in [0.15, 0.2) is 17.9 Å². The highest BCUT2D eigenvalue weighted by Crippen LogP contribution is 2.31. The zero-order chi connectivity index (χ0) is 18.0. The molecule has 3 aromatic rings. The molecule has 1 aliphatic rings. The first kappa shape index (κ1) is 16.5. The van der Waals surface area contributed by atoms with Gasteiger partial charge in [-0.25, -0.2) is 14.2 Å². The first-order valence-corrected chi connectivity index (χ1v) is 6.98. The summed E-state index contributed by atoms with van der Waals surface area (Å²) in [4.78, 5) is 26.9. The molecule has 1 aromatic carbocycles. The minimum absolute atomic E-state index is 0.000463. The Morgan fingerprint density at radius 3 is 2.64 bits per heavy atom. The summed E-state index contributed by atoms with van der Waals surface area (Å²) in [6.45, 7) is 0.382. The smallest absolute Gasteiger partial charge is 0.415 e. The number of carbonyl (C=O) groups is 2. The Bertz CT molecular complexity index is 925. The summed E-state index contributed by atoms with van der Waals surface area (Å²) in [6, 6.07) is 1.08. The molecule has 0 saturated carbocycles. The van der Waals surface area contributed by atoms with Crippen molar-refractivity contribution in [1.29, 1.82) is 0 Å². The van der Waals surface area contributed by atoms with Crippen LogP contribution >= 0.6 is 0 Å². The van der Waals surface area contributed by atoms with Crippen molar-refractivity contribution in [2.24, 2.45) is 7.05 Å². The zero-order valence-corrected chi connectivity index (χ0v) is 12.8. The maximum absolute atomic E-state index is 13.6. The van der Waals surface area contributed by atoms with Gasteiger partial charge < -0.3 is 9.26 Å². The number of amides is 1. The summed E-state index contributed by atoms with van der Waals surface area (Å²) in [5.74, 6) is -2.63. The highest BCUT2D eigenvalue weighted by molar-refractivity contribution is 6.00. The Labute approximate surface area is 138 Å². The van der Waals surface area contributed by atoms with Crippen LogP contribution in [0.3, 0.4) is 0 Å². The second-order valence-corrected chi connectivity index (χ2v) is 4.93. The third-order valence-electron chi connectivity index (χ3n) is 3.33. The molecule has 1 saturated heterocycles. The molecule has 2 aromatic heterocycles. The lowest BCUT2D eigenvalue weighted by Crippen LogP contribution is -2.23. The third-order valence-corrected chi connectivity index (χ3v) is 3.33. The van der Waals surface area contributed by atoms with E-state index < -0.39 is 28.9 Å². The average molecular weight is 351 g/mol. The molecule has 1 aliphatic heterocycles. The van der Waals surface area contributed by atoms with Crippen LogP contribution in [-0.2, 0) is 11.8 Å². The molecule has 3 heterocycles. The fraction of sp³-hybridized carbons (Fsp3) is 0.214. The van der Waals surface area contributed by atoms with Crippen molar-refractivity contribution in [3.8, 4) is 0 Å². The molecular formula is C14H11F2N5O4. The maximum atomic E-state index is 13.6. The van der Waals surface area contributed by atoms with Gasteiger partial charge in [-0.1, -0.05) is 5.16 Å². The Hall–Kier alpha value is -3.37. The third kappa shape index (κ3) is 3.03. The van der Waals surface area contributed by atoms with Gasteiger partial charge in [0.1, 0.15) is 19.3 Å². The minimum Gasteiger partial charge on any atom is -0.447 e. The van der Waals surface area contributed by atoms with Gasteiger partial charge in [0.25, 0.3) is 0 Å². The van der Waals surface area contributed by atoms with E-state index in [0.717, 1.165) is 11.0 Å². The Kier molecular flexibility index (Phi) is 4.37. The first-order chi connectivity index (χ1) is 12.0. The number of ether oxygens (including phenoxy) is 1. The second-order valence-electron chi connectivity index (χ2n) is 4.93. The highest BCUT2D eigenvalue weighted by atomic mass is 19.2. The largest absolute Gasteiger partial charge is 0.447 e. The number of benzene rings is 1. The number of cyclic esters (lactones) is 1. The number of rotatable bonds is 2. The van der Waals surface area contributed by atoms with Crippen molar-refractivity contribution in [2.45, 2.75) is 0 Å². The monoisotopic (exact) mass is 351 g/mol. The molecule has 0 N–H and O–H groups in total. The van der Waals surface area contributed by atoms with Gasteiger partial charge in [-0.05, 0) is 6.07 Å². The number of nitrogens with zero attached hydrogens (tertiary/aromatic N) is 5. The molecule has 130 valence electrons. The van der Waals surface area contributed by atoms with Crippen LogP contribution in [0.5, 0.6) is 0 Å². The number of hydrogen-bond donors (Lipinski definition) is 0. The molecule has 4 rings (SSSR count). The molecule has 1 fully saturated rings. The van der Waals surface area contributed by atoms with Gasteiger partial charge in [-0.2, -0.15) is 9.49 Å². The Balaban J connectivity index is 0.000000258. The summed E-state index contributed by atoms with van der Waals surface area (Å²) in [5, 5.41) is 7.30. The normalized spacial score (nSPS) is 13.6. The van der Waals surface area contributed by atoms with Crippen molar-refractivity contribution < 1.29 is 27.6 Å². The standard InChI is InChI=1S/C11H6F2N2O4.C3H5N3/c12-7-5(4-16)3-6-9(8(7)13)19-14-10(6)15-1-2-18-11(15)17;1-6-3-4-2-5-6/h3-4H,1-2H2;2-3H,1H3. The van der Waals surface area contributed by atoms with Crippen LogP contribution < -0.4 is 4.90 Å². The van der Waals surface area contributed by atoms with Gasteiger partial charge in [0.2, 0.25) is 11.4 Å². The van der Waals surface area contributed by atoms with Crippen molar-refractivity contribution in [3.05, 3.63) is 35.9 Å². The average Bonchev–Trinajstić information content (AvgIpc) is 3.32. The number of aromatic nitrogens is 4. The molecule has 0 atom stereocenters. The van der Waals surface area contributed by atoms with Crippen LogP contribution in [0.15, 0.2) is 23.2 Å². The summed E-state index contributed by atoms with van der Waals surface area (Å²) in [5.41, 5.74) is -0.917. The molecule has 0 unspecified atom stereocenters. The molecule has 25 heavy (non-hydrogen) atoms. The predicted octanol–water partition coefficient (Wildman–Crippen LogP) is 1.69. The number of carbonyl (C=O) groups excluding carboxylic acids is 2. The Morgan fingerprint density at radius 1 is 1.32 bits per heavy atom. The number of aldehydes is 1. The molecular weight excluding hydrogens is 340 g/mol. The van der Waals surface area contributed by atoms with Crippen LogP contribution in [-0.4, -0.2) is 45.5 Å². The van der Waals surface area contributed by atoms with Crippen molar-refractivity contribution in [1.82, 2.24) is 19.9 Å². The van der Waals surface area contributed by atoms with E-state index in [9.17, 15) is 18.4 Å². The fourth-order valence-electron chi connectivity index (χ4n) is 2.16. The van der Waals surface area contributed by atoms with E-state index in [0.29, 0.717) is 0 Å². The van der Waals surface area contributed by atoms with Gasteiger partial charge in [0, 0.05) is 7.05 Å². The van der Waals surface area contributed by atoms with E-state index in [1.165, 1.54) is 6.33 Å². The number of halogens is 2. The minimum atomic E-state index is -1.31. The molecule has 0 radical (unpaired) electrons. The van der Waals surface area contributed by atoms with E-state index in [1.807, 2.05) is 7.05 Å². The summed E-state index contributed by atoms with van der Waals surface area (Å²) < 4.78 is 38.1. The van der Waals surface area contributed by atoms with E-state index in [4.69, 9.17) is 9.26 Å². The van der Waals surface area contributed by atoms with E-state index in [2.05, 4.69) is 15.2 Å². The van der Waals surface area contributed by atoms with Gasteiger partial charge in [0.05, 0.1) is 17.5 Å². The van der Waals surface area contributed by atoms with E-state index in [1.54, 1.807) is 11.0 Å². The second kappa shape index (κ2) is 6.63. The van der Waals surface area contributed by atoms with Crippen molar-refractivity contribution in [3.63, 3.8) is 0 Å². The van der Waals surface area contributed by atoms with Gasteiger partial charge >= 0.3 is 6.09 Å². The van der Waals surface area contributed by atoms with Gasteiger partial charge in [-0.3, -0.25) is 14.4 Å². The molecule has 9 nitrogen and oxygen atoms in total. The number of hydrogen-bond acceptors (Lipinski definition) is 7. The summed E-state index contributed by atoms with van der Waals surface area (Å²) >= 11 is 0. The van der Waals surface area contributed by atoms with E-state index in [-0.39, 0.29) is 30.6 Å². The molecule has 0 spiro atoms. The molecule has 11 heteroatoms. The SMILES string of the molecule is Cn1cncn1.O=Cc1cc2c(N3CCOC3=O)noc2c(F)c1F. The van der Waals surface area contributed by atoms with Crippen LogP contribution in [0, 0.1) is 11.6 Å². The number of aryl methyl sites for hydroxylation is 1. The lowest BCUT2D eigenvalue weighted by molar-refractivity contribution is 0.111. The topological polar surface area (TPSA) is 103 Å². The number of anilines is 1. The fourth-order valence-corrected chi connectivity index (χ4v) is 2.16. The van der Waals surface area contributed by atoms with Gasteiger partial charge in [-0.15, -0.1) is 0 Å². The molecule has 0 aliphatic carbocycles. The lowest BCUT2D eigenvalue weighted by Gasteiger charge is -2.08. The van der Waals surface area contributed by atoms with E-state index >= 15 is 0 Å². The maximum Gasteiger partial charge on any atom is 0.415 e. The Morgan fingerprint density at radius 2 is 2.12 bits per heavy atom. The summed E-state index contributed by atoms with van der Waals surface area (Å²) in [6.07, 6.45) is 2.66. The van der Waals surface area contributed by atoms with Crippen LogP contribution in [0.25, 0.3) is 11.0 Å². The highest BCUT2D eigenvalue weighted by Gasteiger charge is 2.30. The van der Waals surface area contributed by atoms with Crippen LogP contribution in [0.1, 0.15) is 10.4 Å². The van der Waals surface area contributed by atoms with Crippen molar-refractivity contribution in [2.75, 3.05) is 18.1 Å². The number of fused-ring (bicyclic) bond motifs is 1.